The highest BCUT2D eigenvalue weighted by atomic mass is 32.2. The molecule has 0 bridgehead atoms. The quantitative estimate of drug-likeness (QED) is 0.728. The summed E-state index contributed by atoms with van der Waals surface area (Å²) in [5.41, 5.74) is 4.58. The first-order valence-corrected chi connectivity index (χ1v) is 11.8. The van der Waals surface area contributed by atoms with Crippen molar-refractivity contribution in [2.75, 3.05) is 20.1 Å². The zero-order valence-electron chi connectivity index (χ0n) is 18.8. The van der Waals surface area contributed by atoms with Crippen LogP contribution in [0.3, 0.4) is 0 Å². The Balaban J connectivity index is 1.70. The van der Waals surface area contributed by atoms with Gasteiger partial charge in [-0.05, 0) is 62.8 Å². The standard InChI is InChI=1S/C22H32N4O3S/c1-15-11-16(2)18(4)21(17(15)3)30(28,29)26-9-7-20(8-10-26)22(27)24(5)13-19-12-23-25(6)14-19/h11-12,14,20H,7-10,13H2,1-6H3. The van der Waals surface area contributed by atoms with E-state index in [0.29, 0.717) is 37.4 Å². The van der Waals surface area contributed by atoms with Gasteiger partial charge in [-0.15, -0.1) is 0 Å². The molecule has 7 nitrogen and oxygen atoms in total. The summed E-state index contributed by atoms with van der Waals surface area (Å²) in [7, 11) is 0.0541. The Kier molecular flexibility index (Phi) is 6.38. The molecule has 30 heavy (non-hydrogen) atoms. The van der Waals surface area contributed by atoms with E-state index in [1.54, 1.807) is 27.1 Å². The molecule has 0 spiro atoms. The van der Waals surface area contributed by atoms with Crippen molar-refractivity contribution < 1.29 is 13.2 Å². The second kappa shape index (κ2) is 8.51. The van der Waals surface area contributed by atoms with Crippen molar-refractivity contribution >= 4 is 15.9 Å². The third-order valence-electron chi connectivity index (χ3n) is 6.25. The summed E-state index contributed by atoms with van der Waals surface area (Å²) in [6.45, 7) is 8.88. The van der Waals surface area contributed by atoms with Crippen LogP contribution in [0.5, 0.6) is 0 Å². The fourth-order valence-corrected chi connectivity index (χ4v) is 6.30. The number of sulfonamides is 1. The minimum absolute atomic E-state index is 0.0645. The molecule has 164 valence electrons. The Morgan fingerprint density at radius 3 is 2.20 bits per heavy atom. The van der Waals surface area contributed by atoms with Crippen molar-refractivity contribution in [3.05, 3.63) is 46.3 Å². The van der Waals surface area contributed by atoms with E-state index < -0.39 is 10.0 Å². The number of benzene rings is 1. The second-order valence-electron chi connectivity index (χ2n) is 8.48. The molecule has 1 fully saturated rings. The van der Waals surface area contributed by atoms with E-state index >= 15 is 0 Å². The highest BCUT2D eigenvalue weighted by Crippen LogP contribution is 2.31. The van der Waals surface area contributed by atoms with Crippen molar-refractivity contribution in [3.63, 3.8) is 0 Å². The maximum absolute atomic E-state index is 13.4. The molecule has 0 aliphatic carbocycles. The van der Waals surface area contributed by atoms with Crippen molar-refractivity contribution in [1.82, 2.24) is 19.0 Å². The molecule has 1 aliphatic heterocycles. The summed E-state index contributed by atoms with van der Waals surface area (Å²) < 4.78 is 30.1. The van der Waals surface area contributed by atoms with E-state index in [1.807, 2.05) is 47.0 Å². The minimum Gasteiger partial charge on any atom is -0.341 e. The van der Waals surface area contributed by atoms with Crippen LogP contribution in [-0.2, 0) is 28.4 Å². The van der Waals surface area contributed by atoms with Gasteiger partial charge in [0.05, 0.1) is 11.1 Å². The summed E-state index contributed by atoms with van der Waals surface area (Å²) in [5.74, 6) is -0.0887. The Labute approximate surface area is 179 Å². The molecule has 0 saturated carbocycles. The summed E-state index contributed by atoms with van der Waals surface area (Å²) in [6.07, 6.45) is 4.73. The van der Waals surface area contributed by atoms with Crippen molar-refractivity contribution in [3.8, 4) is 0 Å². The average molecular weight is 433 g/mol. The summed E-state index contributed by atoms with van der Waals surface area (Å²) in [6, 6.07) is 2.03. The van der Waals surface area contributed by atoms with Crippen LogP contribution in [0.25, 0.3) is 0 Å². The predicted molar refractivity (Wildman–Crippen MR) is 117 cm³/mol. The molecule has 0 N–H and O–H groups in total. The van der Waals surface area contributed by atoms with Crippen LogP contribution in [0.4, 0.5) is 0 Å². The molecular weight excluding hydrogens is 400 g/mol. The summed E-state index contributed by atoms with van der Waals surface area (Å²) in [4.78, 5) is 15.0. The molecule has 3 rings (SSSR count). The van der Waals surface area contributed by atoms with Gasteiger partial charge in [-0.2, -0.15) is 9.40 Å². The lowest BCUT2D eigenvalue weighted by molar-refractivity contribution is -0.135. The van der Waals surface area contributed by atoms with Crippen LogP contribution in [0.1, 0.15) is 40.7 Å². The highest BCUT2D eigenvalue weighted by molar-refractivity contribution is 7.89. The third-order valence-corrected chi connectivity index (χ3v) is 8.43. The van der Waals surface area contributed by atoms with Crippen LogP contribution in [0.15, 0.2) is 23.4 Å². The number of rotatable bonds is 5. The SMILES string of the molecule is Cc1cc(C)c(C)c(S(=O)(=O)N2CCC(C(=O)N(C)Cc3cnn(C)c3)CC2)c1C. The van der Waals surface area contributed by atoms with E-state index in [1.165, 1.54) is 0 Å². The first-order valence-electron chi connectivity index (χ1n) is 10.3. The zero-order chi connectivity index (χ0) is 22.2. The van der Waals surface area contributed by atoms with Crippen LogP contribution in [-0.4, -0.2) is 53.4 Å². The van der Waals surface area contributed by atoms with Gasteiger partial charge in [0.1, 0.15) is 0 Å². The minimum atomic E-state index is -3.59. The molecule has 1 aromatic carbocycles. The van der Waals surface area contributed by atoms with Gasteiger partial charge in [0.2, 0.25) is 15.9 Å². The number of aromatic nitrogens is 2. The number of hydrogen-bond acceptors (Lipinski definition) is 4. The molecule has 8 heteroatoms. The van der Waals surface area contributed by atoms with Gasteiger partial charge in [0.25, 0.3) is 0 Å². The molecule has 1 amide bonds. The largest absolute Gasteiger partial charge is 0.341 e. The van der Waals surface area contributed by atoms with Gasteiger partial charge in [0.15, 0.2) is 0 Å². The lowest BCUT2D eigenvalue weighted by atomic mass is 9.96. The molecule has 0 atom stereocenters. The smallest absolute Gasteiger partial charge is 0.243 e. The Hall–Kier alpha value is -2.19. The Bertz CT molecular complexity index is 1020. The normalized spacial score (nSPS) is 16.1. The van der Waals surface area contributed by atoms with Crippen LogP contribution < -0.4 is 0 Å². The fraction of sp³-hybridized carbons (Fsp3) is 0.545. The van der Waals surface area contributed by atoms with Gasteiger partial charge in [-0.25, -0.2) is 8.42 Å². The first-order chi connectivity index (χ1) is 14.0. The topological polar surface area (TPSA) is 75.5 Å². The molecule has 1 saturated heterocycles. The molecular formula is C22H32N4O3S. The van der Waals surface area contributed by atoms with Crippen LogP contribution >= 0.6 is 0 Å². The predicted octanol–water partition coefficient (Wildman–Crippen LogP) is 2.71. The van der Waals surface area contributed by atoms with E-state index in [9.17, 15) is 13.2 Å². The van der Waals surface area contributed by atoms with Gasteiger partial charge in [-0.3, -0.25) is 9.48 Å². The zero-order valence-corrected chi connectivity index (χ0v) is 19.6. The van der Waals surface area contributed by atoms with Gasteiger partial charge in [-0.1, -0.05) is 6.07 Å². The van der Waals surface area contributed by atoms with Crippen LogP contribution in [0, 0.1) is 33.6 Å². The lowest BCUT2D eigenvalue weighted by Crippen LogP contribution is -2.43. The average Bonchev–Trinajstić information content (AvgIpc) is 3.10. The van der Waals surface area contributed by atoms with Gasteiger partial charge < -0.3 is 4.90 Å². The van der Waals surface area contributed by atoms with E-state index in [4.69, 9.17) is 0 Å². The van der Waals surface area contributed by atoms with E-state index in [2.05, 4.69) is 5.10 Å². The number of nitrogens with zero attached hydrogens (tertiary/aromatic N) is 4. The second-order valence-corrected chi connectivity index (χ2v) is 10.4. The number of piperidine rings is 1. The number of aryl methyl sites for hydroxylation is 3. The number of amides is 1. The molecule has 2 aromatic rings. The Morgan fingerprint density at radius 2 is 1.70 bits per heavy atom. The molecule has 1 aromatic heterocycles. The van der Waals surface area contributed by atoms with Gasteiger partial charge >= 0.3 is 0 Å². The highest BCUT2D eigenvalue weighted by Gasteiger charge is 2.35. The fourth-order valence-electron chi connectivity index (χ4n) is 4.26. The number of carbonyl (C=O) groups is 1. The third kappa shape index (κ3) is 4.30. The lowest BCUT2D eigenvalue weighted by Gasteiger charge is -2.33. The molecule has 2 heterocycles. The molecule has 0 radical (unpaired) electrons. The summed E-state index contributed by atoms with van der Waals surface area (Å²) >= 11 is 0. The van der Waals surface area contributed by atoms with Crippen LogP contribution in [0.2, 0.25) is 0 Å². The van der Waals surface area contributed by atoms with Crippen molar-refractivity contribution in [2.24, 2.45) is 13.0 Å². The Morgan fingerprint density at radius 1 is 1.13 bits per heavy atom. The van der Waals surface area contributed by atoms with Crippen molar-refractivity contribution in [1.29, 1.82) is 0 Å². The van der Waals surface area contributed by atoms with Gasteiger partial charge in [0, 0.05) is 51.4 Å². The molecule has 0 unspecified atom stereocenters. The first kappa shape index (κ1) is 22.5. The van der Waals surface area contributed by atoms with E-state index in [0.717, 1.165) is 27.8 Å². The monoisotopic (exact) mass is 432 g/mol. The van der Waals surface area contributed by atoms with E-state index in [-0.39, 0.29) is 11.8 Å². The summed E-state index contributed by atoms with van der Waals surface area (Å²) in [5, 5.41) is 4.14. The number of hydrogen-bond donors (Lipinski definition) is 0. The molecule has 1 aliphatic rings. The number of carbonyl (C=O) groups excluding carboxylic acids is 1. The van der Waals surface area contributed by atoms with Crippen molar-refractivity contribution in [2.45, 2.75) is 52.0 Å². The maximum Gasteiger partial charge on any atom is 0.243 e. The maximum atomic E-state index is 13.4.